The van der Waals surface area contributed by atoms with Crippen LogP contribution < -0.4 is 41.9 Å². The minimum atomic E-state index is -2.69. The molecule has 2 heterocycles. The first-order valence-electron chi connectivity index (χ1n) is 17.9. The van der Waals surface area contributed by atoms with Crippen molar-refractivity contribution >= 4 is 73.9 Å². The van der Waals surface area contributed by atoms with Crippen LogP contribution in [-0.2, 0) is 0 Å². The molecule has 8 aromatic carbocycles. The Bertz CT molecular complexity index is 2580. The Labute approximate surface area is 304 Å². The van der Waals surface area contributed by atoms with Gasteiger partial charge >= 0.3 is 0 Å². The monoisotopic (exact) mass is 680 g/mol. The number of furan rings is 1. The highest BCUT2D eigenvalue weighted by atomic mass is 28.3. The summed E-state index contributed by atoms with van der Waals surface area (Å²) in [7, 11) is -2.69. The molecule has 1 aromatic heterocycles. The number of para-hydroxylation sites is 3. The number of ether oxygens (including phenoxy) is 1. The topological polar surface area (TPSA) is 22.4 Å². The molecule has 0 N–H and O–H groups in total. The van der Waals surface area contributed by atoms with Crippen molar-refractivity contribution in [2.75, 3.05) is 0 Å². The van der Waals surface area contributed by atoms with E-state index in [9.17, 15) is 0 Å². The Morgan fingerprint density at radius 3 is 1.58 bits per heavy atom. The van der Waals surface area contributed by atoms with Gasteiger partial charge in [0.2, 0.25) is 0 Å². The zero-order valence-corrected chi connectivity index (χ0v) is 29.4. The minimum Gasteiger partial charge on any atom is -0.458 e. The Kier molecular flexibility index (Phi) is 7.29. The third-order valence-electron chi connectivity index (χ3n) is 10.8. The number of hydrogen-bond acceptors (Lipinski definition) is 2. The molecular formula is C48H33BO2Si. The summed E-state index contributed by atoms with van der Waals surface area (Å²) in [6.45, 7) is 0.0607. The summed E-state index contributed by atoms with van der Waals surface area (Å²) in [6, 6.07) is 72.4. The Balaban J connectivity index is 1.16. The van der Waals surface area contributed by atoms with Crippen LogP contribution in [0.15, 0.2) is 205 Å². The molecule has 244 valence electrons. The van der Waals surface area contributed by atoms with Gasteiger partial charge in [-0.3, -0.25) is 0 Å². The van der Waals surface area contributed by atoms with Gasteiger partial charge in [0.25, 0.3) is 6.71 Å². The summed E-state index contributed by atoms with van der Waals surface area (Å²) in [5.74, 6) is 1.82. The third kappa shape index (κ3) is 4.80. The lowest BCUT2D eigenvalue weighted by molar-refractivity contribution is 0.487. The van der Waals surface area contributed by atoms with Gasteiger partial charge in [-0.1, -0.05) is 187 Å². The van der Waals surface area contributed by atoms with E-state index in [1.165, 1.54) is 37.1 Å². The van der Waals surface area contributed by atoms with Crippen LogP contribution in [0.25, 0.3) is 33.1 Å². The second-order valence-electron chi connectivity index (χ2n) is 13.6. The first-order chi connectivity index (χ1) is 25.8. The molecule has 52 heavy (non-hydrogen) atoms. The molecule has 0 spiro atoms. The van der Waals surface area contributed by atoms with Gasteiger partial charge in [0.05, 0.1) is 0 Å². The molecule has 0 amide bonds. The van der Waals surface area contributed by atoms with E-state index in [1.54, 1.807) is 0 Å². The van der Waals surface area contributed by atoms with Gasteiger partial charge in [-0.25, -0.2) is 0 Å². The SMILES string of the molecule is c1ccc([Si](c2ccccc2)(c2ccccc2)c2ccc3oc4c(-c5cccc(B6c7ccccc7Oc7ccccc76)c5)cccc4c3c2)cc1. The lowest BCUT2D eigenvalue weighted by Crippen LogP contribution is -2.74. The molecule has 0 saturated carbocycles. The van der Waals surface area contributed by atoms with Crippen molar-refractivity contribution in [1.82, 2.24) is 0 Å². The second-order valence-corrected chi connectivity index (χ2v) is 17.4. The highest BCUT2D eigenvalue weighted by molar-refractivity contribution is 7.20. The molecule has 0 atom stereocenters. The molecule has 4 heteroatoms. The molecule has 0 aliphatic carbocycles. The predicted molar refractivity (Wildman–Crippen MR) is 220 cm³/mol. The summed E-state index contributed by atoms with van der Waals surface area (Å²) in [4.78, 5) is 0. The largest absolute Gasteiger partial charge is 0.458 e. The number of fused-ring (bicyclic) bond motifs is 5. The Morgan fingerprint density at radius 1 is 0.404 bits per heavy atom. The minimum absolute atomic E-state index is 0.0607. The molecule has 0 saturated heterocycles. The molecule has 0 bridgehead atoms. The average Bonchev–Trinajstić information content (AvgIpc) is 3.60. The molecule has 9 aromatic rings. The molecule has 0 unspecified atom stereocenters. The Hall–Kier alpha value is -6.36. The zero-order chi connectivity index (χ0) is 34.5. The van der Waals surface area contributed by atoms with Crippen LogP contribution in [-0.4, -0.2) is 14.8 Å². The highest BCUT2D eigenvalue weighted by Gasteiger charge is 2.41. The highest BCUT2D eigenvalue weighted by Crippen LogP contribution is 2.36. The fraction of sp³-hybridized carbons (Fsp3) is 0. The van der Waals surface area contributed by atoms with Crippen molar-refractivity contribution in [3.63, 3.8) is 0 Å². The van der Waals surface area contributed by atoms with Crippen molar-refractivity contribution in [1.29, 1.82) is 0 Å². The van der Waals surface area contributed by atoms with Crippen LogP contribution in [0.3, 0.4) is 0 Å². The standard InChI is InChI=1S/C48H33BO2Si/c1-4-18-36(19-5-1)52(37-20-6-2-7-21-37,38-22-8-3-9-23-38)39-30-31-45-42(33-39)41-25-15-24-40(48(41)51-45)34-16-14-17-35(32-34)49-43-26-10-12-28-46(43)50-47-29-13-11-27-44(47)49/h1-33H. The molecule has 2 nitrogen and oxygen atoms in total. The maximum atomic E-state index is 6.82. The normalized spacial score (nSPS) is 12.3. The summed E-state index contributed by atoms with van der Waals surface area (Å²) < 4.78 is 13.2. The fourth-order valence-corrected chi connectivity index (χ4v) is 13.2. The van der Waals surface area contributed by atoms with E-state index in [4.69, 9.17) is 9.15 Å². The predicted octanol–water partition coefficient (Wildman–Crippen LogP) is 7.25. The molecule has 0 radical (unpaired) electrons. The second kappa shape index (κ2) is 12.4. The fourth-order valence-electron chi connectivity index (χ4n) is 8.48. The van der Waals surface area contributed by atoms with Crippen LogP contribution in [0.4, 0.5) is 0 Å². The summed E-state index contributed by atoms with van der Waals surface area (Å²) in [5, 5.41) is 7.65. The van der Waals surface area contributed by atoms with Gasteiger partial charge in [-0.05, 0) is 55.4 Å². The van der Waals surface area contributed by atoms with E-state index in [2.05, 4.69) is 188 Å². The van der Waals surface area contributed by atoms with E-state index in [-0.39, 0.29) is 6.71 Å². The molecule has 1 aliphatic heterocycles. The van der Waals surface area contributed by atoms with Crippen LogP contribution in [0.5, 0.6) is 11.5 Å². The maximum absolute atomic E-state index is 6.82. The smallest absolute Gasteiger partial charge is 0.250 e. The van der Waals surface area contributed by atoms with Crippen molar-refractivity contribution < 1.29 is 9.15 Å². The van der Waals surface area contributed by atoms with E-state index in [1.807, 2.05) is 12.1 Å². The van der Waals surface area contributed by atoms with Crippen LogP contribution >= 0.6 is 0 Å². The quantitative estimate of drug-likeness (QED) is 0.136. The van der Waals surface area contributed by atoms with Crippen molar-refractivity contribution in [2.24, 2.45) is 0 Å². The van der Waals surface area contributed by atoms with Crippen LogP contribution in [0.1, 0.15) is 0 Å². The van der Waals surface area contributed by atoms with Gasteiger partial charge < -0.3 is 9.15 Å². The summed E-state index contributed by atoms with van der Waals surface area (Å²) in [5.41, 5.74) is 7.60. The van der Waals surface area contributed by atoms with Crippen molar-refractivity contribution in [2.45, 2.75) is 0 Å². The summed E-state index contributed by atoms with van der Waals surface area (Å²) >= 11 is 0. The Morgan fingerprint density at radius 2 is 0.962 bits per heavy atom. The van der Waals surface area contributed by atoms with Crippen LogP contribution in [0, 0.1) is 0 Å². The molecular weight excluding hydrogens is 647 g/mol. The number of rotatable bonds is 6. The third-order valence-corrected chi connectivity index (χ3v) is 15.5. The average molecular weight is 681 g/mol. The van der Waals surface area contributed by atoms with Crippen molar-refractivity contribution in [3.8, 4) is 22.6 Å². The number of hydrogen-bond donors (Lipinski definition) is 0. The van der Waals surface area contributed by atoms with Gasteiger partial charge in [0, 0.05) is 16.3 Å². The van der Waals surface area contributed by atoms with E-state index in [0.29, 0.717) is 0 Å². The first kappa shape index (κ1) is 30.5. The van der Waals surface area contributed by atoms with Gasteiger partial charge in [-0.15, -0.1) is 0 Å². The van der Waals surface area contributed by atoms with E-state index in [0.717, 1.165) is 44.6 Å². The molecule has 0 fully saturated rings. The maximum Gasteiger partial charge on any atom is 0.250 e. The lowest BCUT2D eigenvalue weighted by atomic mass is 9.36. The first-order valence-corrected chi connectivity index (χ1v) is 19.9. The molecule has 10 rings (SSSR count). The van der Waals surface area contributed by atoms with Crippen molar-refractivity contribution in [3.05, 3.63) is 200 Å². The number of benzene rings is 8. The van der Waals surface area contributed by atoms with Crippen LogP contribution in [0.2, 0.25) is 0 Å². The van der Waals surface area contributed by atoms with E-state index < -0.39 is 8.07 Å². The van der Waals surface area contributed by atoms with Gasteiger partial charge in [-0.2, -0.15) is 0 Å². The summed E-state index contributed by atoms with van der Waals surface area (Å²) in [6.07, 6.45) is 0. The van der Waals surface area contributed by atoms with E-state index >= 15 is 0 Å². The van der Waals surface area contributed by atoms with Gasteiger partial charge in [0.15, 0.2) is 8.07 Å². The zero-order valence-electron chi connectivity index (χ0n) is 28.4. The van der Waals surface area contributed by atoms with Gasteiger partial charge in [0.1, 0.15) is 22.7 Å². The molecule has 1 aliphatic rings. The lowest BCUT2D eigenvalue weighted by Gasteiger charge is -2.34.